The molecule has 20 heavy (non-hydrogen) atoms. The molecule has 1 rings (SSSR count). The molecule has 0 unspecified atom stereocenters. The number of ether oxygens (including phenoxy) is 1. The zero-order valence-corrected chi connectivity index (χ0v) is 13.3. The molecule has 0 heterocycles. The van der Waals surface area contributed by atoms with Crippen molar-refractivity contribution in [1.82, 2.24) is 0 Å². The van der Waals surface area contributed by atoms with Crippen molar-refractivity contribution in [2.24, 2.45) is 10.6 Å². The Kier molecular flexibility index (Phi) is 4.83. The number of sulfone groups is 1. The number of nitrogens with two attached hydrogens (primary N) is 1. The van der Waals surface area contributed by atoms with E-state index in [4.69, 9.17) is 9.88 Å². The van der Waals surface area contributed by atoms with Gasteiger partial charge in [-0.15, -0.1) is 0 Å². The molecule has 0 aliphatic carbocycles. The minimum atomic E-state index is -3.57. The summed E-state index contributed by atoms with van der Waals surface area (Å²) in [5, 5.41) is 5.01. The van der Waals surface area contributed by atoms with Gasteiger partial charge in [-0.1, -0.05) is 13.8 Å². The van der Waals surface area contributed by atoms with Gasteiger partial charge in [0.2, 0.25) is 10.0 Å². The molecule has 0 aliphatic rings. The first kappa shape index (κ1) is 16.9. The van der Waals surface area contributed by atoms with Gasteiger partial charge < -0.3 is 4.74 Å². The summed E-state index contributed by atoms with van der Waals surface area (Å²) in [6.45, 7) is 3.60. The molecule has 0 amide bonds. The first-order valence-electron chi connectivity index (χ1n) is 5.82. The zero-order chi connectivity index (χ0) is 15.6. The van der Waals surface area contributed by atoms with E-state index in [1.165, 1.54) is 24.3 Å². The molecule has 1 aromatic carbocycles. The molecule has 0 saturated carbocycles. The largest absolute Gasteiger partial charge is 0.493 e. The number of hydrogen-bond acceptors (Lipinski definition) is 5. The minimum Gasteiger partial charge on any atom is -0.493 e. The molecule has 0 aromatic heterocycles. The number of sulfonamides is 1. The van der Waals surface area contributed by atoms with E-state index >= 15 is 0 Å². The van der Waals surface area contributed by atoms with Crippen LogP contribution in [0.4, 0.5) is 0 Å². The standard InChI is InChI=1S/C12H19NO5S2/c1-12(2,9-20(13,16)17)8-18-10-4-6-11(7-5-10)19(3,14)15/h4-7H,8-9H2,1-3H3,(H2,13,16,17). The van der Waals surface area contributed by atoms with Crippen molar-refractivity contribution in [3.05, 3.63) is 24.3 Å². The Morgan fingerprint density at radius 3 is 2.00 bits per heavy atom. The molecule has 2 N–H and O–H groups in total. The topological polar surface area (TPSA) is 104 Å². The lowest BCUT2D eigenvalue weighted by molar-refractivity contribution is 0.200. The lowest BCUT2D eigenvalue weighted by Gasteiger charge is -2.23. The van der Waals surface area contributed by atoms with Crippen LogP contribution in [0.15, 0.2) is 29.2 Å². The summed E-state index contributed by atoms with van der Waals surface area (Å²) in [6, 6.07) is 5.95. The van der Waals surface area contributed by atoms with E-state index in [0.29, 0.717) is 5.75 Å². The Morgan fingerprint density at radius 1 is 1.10 bits per heavy atom. The van der Waals surface area contributed by atoms with Gasteiger partial charge >= 0.3 is 0 Å². The molecular formula is C12H19NO5S2. The van der Waals surface area contributed by atoms with Gasteiger partial charge in [0.25, 0.3) is 0 Å². The fourth-order valence-corrected chi connectivity index (χ4v) is 3.45. The van der Waals surface area contributed by atoms with Crippen LogP contribution in [0.3, 0.4) is 0 Å². The van der Waals surface area contributed by atoms with Crippen LogP contribution in [0.5, 0.6) is 5.75 Å². The predicted octanol–water partition coefficient (Wildman–Crippen LogP) is 0.784. The summed E-state index contributed by atoms with van der Waals surface area (Å²) in [5.74, 6) is 0.279. The highest BCUT2D eigenvalue weighted by atomic mass is 32.2. The van der Waals surface area contributed by atoms with Crippen LogP contribution < -0.4 is 9.88 Å². The maximum Gasteiger partial charge on any atom is 0.209 e. The minimum absolute atomic E-state index is 0.154. The summed E-state index contributed by atoms with van der Waals surface area (Å²) in [7, 11) is -6.81. The molecule has 0 bridgehead atoms. The van der Waals surface area contributed by atoms with Gasteiger partial charge in [-0.25, -0.2) is 22.0 Å². The van der Waals surface area contributed by atoms with Gasteiger partial charge in [0.1, 0.15) is 5.75 Å². The summed E-state index contributed by atoms with van der Waals surface area (Å²) in [6.07, 6.45) is 1.12. The highest BCUT2D eigenvalue weighted by Gasteiger charge is 2.25. The summed E-state index contributed by atoms with van der Waals surface area (Å²) in [4.78, 5) is 0.202. The number of hydrogen-bond donors (Lipinski definition) is 1. The van der Waals surface area contributed by atoms with Crippen LogP contribution in [0, 0.1) is 5.41 Å². The number of primary sulfonamides is 1. The molecule has 0 aliphatic heterocycles. The average molecular weight is 321 g/mol. The van der Waals surface area contributed by atoms with Crippen LogP contribution in [-0.4, -0.2) is 35.5 Å². The van der Waals surface area contributed by atoms with E-state index in [9.17, 15) is 16.8 Å². The Balaban J connectivity index is 2.71. The lowest BCUT2D eigenvalue weighted by Crippen LogP contribution is -2.33. The van der Waals surface area contributed by atoms with Crippen LogP contribution in [0.2, 0.25) is 0 Å². The maximum atomic E-state index is 11.3. The molecule has 0 fully saturated rings. The molecule has 0 atom stereocenters. The molecule has 0 spiro atoms. The first-order valence-corrected chi connectivity index (χ1v) is 9.43. The predicted molar refractivity (Wildman–Crippen MR) is 76.8 cm³/mol. The fraction of sp³-hybridized carbons (Fsp3) is 0.500. The monoisotopic (exact) mass is 321 g/mol. The van der Waals surface area contributed by atoms with E-state index in [1.54, 1.807) is 13.8 Å². The van der Waals surface area contributed by atoms with E-state index in [1.807, 2.05) is 0 Å². The Bertz CT molecular complexity index is 660. The Hall–Kier alpha value is -1.12. The Morgan fingerprint density at radius 2 is 1.60 bits per heavy atom. The summed E-state index contributed by atoms with van der Waals surface area (Å²) >= 11 is 0. The van der Waals surface area contributed by atoms with Crippen LogP contribution >= 0.6 is 0 Å². The Labute approximate surface area is 119 Å². The average Bonchev–Trinajstić information content (AvgIpc) is 2.22. The number of rotatable bonds is 6. The fourth-order valence-electron chi connectivity index (χ4n) is 1.65. The second kappa shape index (κ2) is 5.71. The quantitative estimate of drug-likeness (QED) is 0.834. The van der Waals surface area contributed by atoms with Crippen LogP contribution in [-0.2, 0) is 19.9 Å². The second-order valence-electron chi connectivity index (χ2n) is 5.50. The van der Waals surface area contributed by atoms with E-state index in [-0.39, 0.29) is 17.3 Å². The molecular weight excluding hydrogens is 302 g/mol. The highest BCUT2D eigenvalue weighted by molar-refractivity contribution is 7.90. The van der Waals surface area contributed by atoms with Gasteiger partial charge in [0.05, 0.1) is 17.3 Å². The number of benzene rings is 1. The van der Waals surface area contributed by atoms with Gasteiger partial charge in [-0.05, 0) is 24.3 Å². The van der Waals surface area contributed by atoms with Crippen LogP contribution in [0.1, 0.15) is 13.8 Å². The van der Waals surface area contributed by atoms with Gasteiger partial charge in [0, 0.05) is 11.7 Å². The van der Waals surface area contributed by atoms with Crippen molar-refractivity contribution in [3.63, 3.8) is 0 Å². The second-order valence-corrected chi connectivity index (χ2v) is 9.13. The smallest absolute Gasteiger partial charge is 0.209 e. The zero-order valence-electron chi connectivity index (χ0n) is 11.7. The maximum absolute atomic E-state index is 11.3. The normalized spacial score (nSPS) is 13.2. The summed E-state index contributed by atoms with van der Waals surface area (Å²) in [5.41, 5.74) is -0.636. The molecule has 8 heteroatoms. The van der Waals surface area contributed by atoms with Gasteiger partial charge in [0.15, 0.2) is 9.84 Å². The van der Waals surface area contributed by atoms with Crippen molar-refractivity contribution in [3.8, 4) is 5.75 Å². The van der Waals surface area contributed by atoms with Crippen molar-refractivity contribution < 1.29 is 21.6 Å². The van der Waals surface area contributed by atoms with E-state index in [2.05, 4.69) is 0 Å². The third kappa shape index (κ3) is 5.89. The molecule has 1 aromatic rings. The first-order chi connectivity index (χ1) is 8.89. The third-order valence-electron chi connectivity index (χ3n) is 2.47. The molecule has 6 nitrogen and oxygen atoms in total. The van der Waals surface area contributed by atoms with Gasteiger partial charge in [-0.2, -0.15) is 0 Å². The molecule has 0 saturated heterocycles. The third-order valence-corrected chi connectivity index (χ3v) is 4.79. The summed E-state index contributed by atoms with van der Waals surface area (Å²) < 4.78 is 50.2. The van der Waals surface area contributed by atoms with Crippen molar-refractivity contribution in [1.29, 1.82) is 0 Å². The van der Waals surface area contributed by atoms with Crippen molar-refractivity contribution >= 4 is 19.9 Å². The highest BCUT2D eigenvalue weighted by Crippen LogP contribution is 2.21. The SMILES string of the molecule is CC(C)(COc1ccc(S(C)(=O)=O)cc1)CS(N)(=O)=O. The lowest BCUT2D eigenvalue weighted by atomic mass is 9.98. The molecule has 0 radical (unpaired) electrons. The van der Waals surface area contributed by atoms with Crippen molar-refractivity contribution in [2.45, 2.75) is 18.7 Å². The van der Waals surface area contributed by atoms with Crippen LogP contribution in [0.25, 0.3) is 0 Å². The van der Waals surface area contributed by atoms with E-state index in [0.717, 1.165) is 6.26 Å². The molecule has 114 valence electrons. The van der Waals surface area contributed by atoms with Gasteiger partial charge in [-0.3, -0.25) is 0 Å². The van der Waals surface area contributed by atoms with E-state index < -0.39 is 25.3 Å². The van der Waals surface area contributed by atoms with Crippen molar-refractivity contribution in [2.75, 3.05) is 18.6 Å².